The fourth-order valence-corrected chi connectivity index (χ4v) is 1.48. The van der Waals surface area contributed by atoms with Crippen LogP contribution in [0.4, 0.5) is 5.82 Å². The van der Waals surface area contributed by atoms with Crippen LogP contribution in [0.5, 0.6) is 0 Å². The molecular weight excluding hydrogens is 184 g/mol. The fourth-order valence-electron chi connectivity index (χ4n) is 1.48. The zero-order chi connectivity index (χ0) is 10.5. The molecule has 0 unspecified atom stereocenters. The largest absolute Gasteiger partial charge is 0.359 e. The average molecular weight is 196 g/mol. The Morgan fingerprint density at radius 2 is 2.13 bits per heavy atom. The maximum absolute atomic E-state index is 4.30. The van der Waals surface area contributed by atoms with Gasteiger partial charge in [-0.2, -0.15) is 0 Å². The minimum atomic E-state index is 0.636. The molecule has 0 atom stereocenters. The highest BCUT2D eigenvalue weighted by molar-refractivity contribution is 5.91. The third-order valence-electron chi connectivity index (χ3n) is 2.19. The molecule has 0 radical (unpaired) electrons. The van der Waals surface area contributed by atoms with Crippen molar-refractivity contribution in [2.75, 3.05) is 11.9 Å². The van der Waals surface area contributed by atoms with Gasteiger partial charge in [0.15, 0.2) is 0 Å². The van der Waals surface area contributed by atoms with Gasteiger partial charge in [-0.05, 0) is 18.4 Å². The monoisotopic (exact) mass is 196 g/mol. The molecule has 2 heteroatoms. The average Bonchev–Trinajstić information content (AvgIpc) is 2.30. The summed E-state index contributed by atoms with van der Waals surface area (Å²) in [6.45, 7) is 2.47. The molecule has 2 nitrogen and oxygen atoms in total. The third-order valence-corrected chi connectivity index (χ3v) is 2.19. The molecule has 2 aromatic rings. The van der Waals surface area contributed by atoms with Gasteiger partial charge in [0, 0.05) is 11.6 Å². The first-order valence-electron chi connectivity index (χ1n) is 4.89. The van der Waals surface area contributed by atoms with E-state index in [1.165, 1.54) is 5.39 Å². The number of anilines is 1. The van der Waals surface area contributed by atoms with Gasteiger partial charge in [0.2, 0.25) is 0 Å². The Balaban J connectivity index is 2.36. The second kappa shape index (κ2) is 4.47. The number of hydrogen-bond acceptors (Lipinski definition) is 2. The minimum absolute atomic E-state index is 0.636. The molecule has 0 saturated heterocycles. The van der Waals surface area contributed by atoms with Crippen LogP contribution in [0.15, 0.2) is 36.5 Å². The topological polar surface area (TPSA) is 24.9 Å². The van der Waals surface area contributed by atoms with Gasteiger partial charge in [-0.3, -0.25) is 0 Å². The van der Waals surface area contributed by atoms with E-state index in [2.05, 4.69) is 34.3 Å². The van der Waals surface area contributed by atoms with Crippen molar-refractivity contribution in [3.8, 4) is 11.8 Å². The number of nitrogens with zero attached hydrogens (tertiary/aromatic N) is 1. The quantitative estimate of drug-likeness (QED) is 0.747. The molecular formula is C13H12N2. The maximum atomic E-state index is 4.30. The standard InChI is InChI=1S/C13H12N2/c1-2-3-9-14-13-12-7-5-4-6-11(12)8-10-15-13/h4-8,10H,9H2,1H3,(H,14,15). The SMILES string of the molecule is CC#CCNc1nccc2ccccc12. The summed E-state index contributed by atoms with van der Waals surface area (Å²) in [4.78, 5) is 4.30. The van der Waals surface area contributed by atoms with Crippen molar-refractivity contribution in [1.82, 2.24) is 4.98 Å². The number of nitrogens with one attached hydrogen (secondary N) is 1. The number of benzene rings is 1. The summed E-state index contributed by atoms with van der Waals surface area (Å²) >= 11 is 0. The Labute approximate surface area is 89.3 Å². The highest BCUT2D eigenvalue weighted by Crippen LogP contribution is 2.19. The lowest BCUT2D eigenvalue weighted by molar-refractivity contribution is 1.27. The minimum Gasteiger partial charge on any atom is -0.359 e. The van der Waals surface area contributed by atoms with Gasteiger partial charge in [0.05, 0.1) is 6.54 Å². The van der Waals surface area contributed by atoms with Gasteiger partial charge < -0.3 is 5.32 Å². The highest BCUT2D eigenvalue weighted by Gasteiger charge is 1.98. The summed E-state index contributed by atoms with van der Waals surface area (Å²) < 4.78 is 0. The lowest BCUT2D eigenvalue weighted by Crippen LogP contribution is -2.01. The lowest BCUT2D eigenvalue weighted by Gasteiger charge is -2.05. The first kappa shape index (κ1) is 9.54. The van der Waals surface area contributed by atoms with Gasteiger partial charge in [-0.15, -0.1) is 5.92 Å². The van der Waals surface area contributed by atoms with Crippen molar-refractivity contribution < 1.29 is 0 Å². The molecule has 1 aromatic carbocycles. The smallest absolute Gasteiger partial charge is 0.134 e. The summed E-state index contributed by atoms with van der Waals surface area (Å²) in [5, 5.41) is 5.53. The zero-order valence-electron chi connectivity index (χ0n) is 8.62. The lowest BCUT2D eigenvalue weighted by atomic mass is 10.1. The van der Waals surface area contributed by atoms with Crippen LogP contribution in [0.1, 0.15) is 6.92 Å². The number of aromatic nitrogens is 1. The van der Waals surface area contributed by atoms with Gasteiger partial charge in [0.25, 0.3) is 0 Å². The normalized spacial score (nSPS) is 9.40. The molecule has 0 spiro atoms. The van der Waals surface area contributed by atoms with Crippen LogP contribution in [0.2, 0.25) is 0 Å². The van der Waals surface area contributed by atoms with Crippen molar-refractivity contribution in [1.29, 1.82) is 0 Å². The molecule has 1 heterocycles. The van der Waals surface area contributed by atoms with Crippen LogP contribution in [-0.4, -0.2) is 11.5 Å². The van der Waals surface area contributed by atoms with Gasteiger partial charge in [0.1, 0.15) is 5.82 Å². The molecule has 0 fully saturated rings. The van der Waals surface area contributed by atoms with Crippen molar-refractivity contribution in [2.45, 2.75) is 6.92 Å². The van der Waals surface area contributed by atoms with Crippen LogP contribution in [0, 0.1) is 11.8 Å². The highest BCUT2D eigenvalue weighted by atomic mass is 15.0. The molecule has 0 saturated carbocycles. The van der Waals surface area contributed by atoms with Crippen molar-refractivity contribution in [2.24, 2.45) is 0 Å². The van der Waals surface area contributed by atoms with Crippen LogP contribution in [0.25, 0.3) is 10.8 Å². The van der Waals surface area contributed by atoms with E-state index in [1.807, 2.05) is 31.3 Å². The Kier molecular flexibility index (Phi) is 2.85. The number of hydrogen-bond donors (Lipinski definition) is 1. The molecule has 0 aliphatic rings. The summed E-state index contributed by atoms with van der Waals surface area (Å²) in [5.41, 5.74) is 0. The molecule has 0 bridgehead atoms. The molecule has 15 heavy (non-hydrogen) atoms. The Bertz CT molecular complexity index is 515. The van der Waals surface area contributed by atoms with Crippen LogP contribution in [0.3, 0.4) is 0 Å². The predicted molar refractivity (Wildman–Crippen MR) is 63.7 cm³/mol. The molecule has 2 rings (SSSR count). The molecule has 1 N–H and O–H groups in total. The summed E-state index contributed by atoms with van der Waals surface area (Å²) in [7, 11) is 0. The van der Waals surface area contributed by atoms with Gasteiger partial charge in [-0.25, -0.2) is 4.98 Å². The number of rotatable bonds is 2. The molecule has 74 valence electrons. The van der Waals surface area contributed by atoms with E-state index in [0.717, 1.165) is 11.2 Å². The van der Waals surface area contributed by atoms with E-state index in [4.69, 9.17) is 0 Å². The second-order valence-corrected chi connectivity index (χ2v) is 3.16. The Morgan fingerprint density at radius 1 is 1.27 bits per heavy atom. The van der Waals surface area contributed by atoms with E-state index >= 15 is 0 Å². The van der Waals surface area contributed by atoms with E-state index < -0.39 is 0 Å². The molecule has 1 aromatic heterocycles. The van der Waals surface area contributed by atoms with E-state index in [1.54, 1.807) is 0 Å². The van der Waals surface area contributed by atoms with Gasteiger partial charge in [-0.1, -0.05) is 30.2 Å². The summed E-state index contributed by atoms with van der Waals surface area (Å²) in [6, 6.07) is 10.2. The van der Waals surface area contributed by atoms with E-state index in [-0.39, 0.29) is 0 Å². The van der Waals surface area contributed by atoms with Gasteiger partial charge >= 0.3 is 0 Å². The Hall–Kier alpha value is -2.01. The number of fused-ring (bicyclic) bond motifs is 1. The van der Waals surface area contributed by atoms with Crippen LogP contribution >= 0.6 is 0 Å². The van der Waals surface area contributed by atoms with Crippen LogP contribution in [-0.2, 0) is 0 Å². The summed E-state index contributed by atoms with van der Waals surface area (Å²) in [6.07, 6.45) is 1.81. The first-order valence-corrected chi connectivity index (χ1v) is 4.89. The predicted octanol–water partition coefficient (Wildman–Crippen LogP) is 2.67. The molecule has 0 aliphatic carbocycles. The summed E-state index contributed by atoms with van der Waals surface area (Å²) in [5.74, 6) is 6.70. The second-order valence-electron chi connectivity index (χ2n) is 3.16. The van der Waals surface area contributed by atoms with E-state index in [9.17, 15) is 0 Å². The fraction of sp³-hybridized carbons (Fsp3) is 0.154. The van der Waals surface area contributed by atoms with Crippen LogP contribution < -0.4 is 5.32 Å². The van der Waals surface area contributed by atoms with Crippen molar-refractivity contribution in [3.63, 3.8) is 0 Å². The molecule has 0 amide bonds. The molecule has 0 aliphatic heterocycles. The first-order chi connectivity index (χ1) is 7.42. The Morgan fingerprint density at radius 3 is 3.00 bits per heavy atom. The van der Waals surface area contributed by atoms with E-state index in [0.29, 0.717) is 6.54 Å². The van der Waals surface area contributed by atoms with Crippen molar-refractivity contribution in [3.05, 3.63) is 36.5 Å². The maximum Gasteiger partial charge on any atom is 0.134 e. The third kappa shape index (κ3) is 2.08. The van der Waals surface area contributed by atoms with Crippen molar-refractivity contribution >= 4 is 16.6 Å². The zero-order valence-corrected chi connectivity index (χ0v) is 8.62. The number of pyridine rings is 1.